The van der Waals surface area contributed by atoms with Crippen LogP contribution in [0.25, 0.3) is 0 Å². The van der Waals surface area contributed by atoms with Gasteiger partial charge in [-0.1, -0.05) is 36.4 Å². The number of rotatable bonds is 2. The summed E-state index contributed by atoms with van der Waals surface area (Å²) in [6, 6.07) is 12.8. The number of nitrogens with one attached hydrogen (secondary N) is 1. The summed E-state index contributed by atoms with van der Waals surface area (Å²) in [5, 5.41) is 2.29. The van der Waals surface area contributed by atoms with Crippen molar-refractivity contribution in [3.63, 3.8) is 0 Å². The van der Waals surface area contributed by atoms with Crippen LogP contribution in [0.1, 0.15) is 22.8 Å². The van der Waals surface area contributed by atoms with Crippen molar-refractivity contribution in [2.24, 2.45) is 10.9 Å². The maximum atomic E-state index is 14.7. The molecule has 2 heterocycles. The lowest BCUT2D eigenvalue weighted by atomic mass is 9.74. The lowest BCUT2D eigenvalue weighted by molar-refractivity contribution is -0.227. The molecule has 0 aliphatic carbocycles. The first-order valence-electron chi connectivity index (χ1n) is 9.28. The molecule has 0 radical (unpaired) electrons. The zero-order valence-electron chi connectivity index (χ0n) is 15.8. The van der Waals surface area contributed by atoms with Crippen molar-refractivity contribution in [3.05, 3.63) is 71.5 Å². The quantitative estimate of drug-likeness (QED) is 0.749. The van der Waals surface area contributed by atoms with Crippen LogP contribution in [0.2, 0.25) is 0 Å². The Morgan fingerprint density at radius 2 is 1.80 bits per heavy atom. The Balaban J connectivity index is 1.81. The van der Waals surface area contributed by atoms with Crippen LogP contribution in [0.5, 0.6) is 0 Å². The number of hydrogen-bond donors (Lipinski definition) is 1. The predicted octanol–water partition coefficient (Wildman–Crippen LogP) is 3.80. The van der Waals surface area contributed by atoms with Crippen molar-refractivity contribution in [3.8, 4) is 0 Å². The van der Waals surface area contributed by atoms with E-state index in [1.54, 1.807) is 18.2 Å². The summed E-state index contributed by atoms with van der Waals surface area (Å²) in [6.07, 6.45) is -8.02. The zero-order valence-corrected chi connectivity index (χ0v) is 15.8. The third-order valence-corrected chi connectivity index (χ3v) is 5.41. The van der Waals surface area contributed by atoms with E-state index >= 15 is 0 Å². The minimum absolute atomic E-state index is 0.0386. The van der Waals surface area contributed by atoms with Crippen molar-refractivity contribution in [2.45, 2.75) is 30.8 Å². The molecule has 0 bridgehead atoms. The molecule has 1 amide bonds. The number of carbonyl (C=O) groups is 1. The number of aliphatic imine (C=N–C) groups is 1. The molecule has 2 aromatic carbocycles. The van der Waals surface area contributed by atoms with Crippen molar-refractivity contribution in [1.82, 2.24) is 5.32 Å². The van der Waals surface area contributed by atoms with E-state index in [9.17, 15) is 22.4 Å². The van der Waals surface area contributed by atoms with Gasteiger partial charge in [-0.05, 0) is 25.1 Å². The second kappa shape index (κ2) is 7.39. The van der Waals surface area contributed by atoms with Crippen molar-refractivity contribution >= 4 is 11.9 Å². The van der Waals surface area contributed by atoms with Crippen LogP contribution >= 0.6 is 0 Å². The van der Waals surface area contributed by atoms with Gasteiger partial charge in [-0.2, -0.15) is 13.2 Å². The van der Waals surface area contributed by atoms with Gasteiger partial charge < -0.3 is 9.47 Å². The molecule has 1 fully saturated rings. The minimum atomic E-state index is -4.79. The molecule has 0 saturated carbocycles. The highest BCUT2D eigenvalue weighted by Gasteiger charge is 2.64. The number of hydrogen-bond acceptors (Lipinski definition) is 4. The summed E-state index contributed by atoms with van der Waals surface area (Å²) >= 11 is 0. The summed E-state index contributed by atoms with van der Waals surface area (Å²) in [7, 11) is 0. The van der Waals surface area contributed by atoms with Gasteiger partial charge >= 0.3 is 6.18 Å². The fourth-order valence-electron chi connectivity index (χ4n) is 4.07. The number of carbonyl (C=O) groups excluding carboxylic acids is 1. The van der Waals surface area contributed by atoms with Gasteiger partial charge in [0, 0.05) is 11.1 Å². The molecule has 2 unspecified atom stereocenters. The average Bonchev–Trinajstić information content (AvgIpc) is 3.05. The summed E-state index contributed by atoms with van der Waals surface area (Å²) < 4.78 is 67.1. The molecule has 1 saturated heterocycles. The highest BCUT2D eigenvalue weighted by Crippen LogP contribution is 2.51. The van der Waals surface area contributed by atoms with Crippen molar-refractivity contribution < 1.29 is 31.8 Å². The molecular formula is C21H18F4N2O3. The van der Waals surface area contributed by atoms with Gasteiger partial charge in [-0.25, -0.2) is 9.38 Å². The topological polar surface area (TPSA) is 59.9 Å². The van der Waals surface area contributed by atoms with Gasteiger partial charge in [-0.15, -0.1) is 0 Å². The number of alkyl halides is 3. The number of nitrogens with zero attached hydrogens (tertiary/aromatic N) is 1. The second-order valence-electron chi connectivity index (χ2n) is 7.26. The van der Waals surface area contributed by atoms with E-state index in [0.717, 1.165) is 6.07 Å². The van der Waals surface area contributed by atoms with Gasteiger partial charge in [0.2, 0.25) is 6.10 Å². The Bertz CT molecular complexity index is 980. The molecule has 2 aliphatic rings. The largest absolute Gasteiger partial charge is 0.451 e. The minimum Gasteiger partial charge on any atom is -0.451 e. The number of benzene rings is 2. The second-order valence-corrected chi connectivity index (χ2v) is 7.26. The number of halogens is 4. The standard InChI is InChI=1S/C21H18F4N2O3/c1-12-16-17(21(23,24)25)30-19(26-18(28)13-7-3-2-4-8-13)27-20(16,11-29-12)14-9-5-6-10-15(14)22/h2-10,12,16-17H,11H2,1H3,(H,26,27,28)/t12-,16?,17+,20?/m1/s1. The molecule has 2 aliphatic heterocycles. The van der Waals surface area contributed by atoms with Crippen molar-refractivity contribution in [1.29, 1.82) is 0 Å². The Kier molecular flexibility index (Phi) is 5.01. The lowest BCUT2D eigenvalue weighted by Gasteiger charge is -2.41. The van der Waals surface area contributed by atoms with E-state index in [-0.39, 0.29) is 17.7 Å². The number of amidine groups is 1. The third-order valence-electron chi connectivity index (χ3n) is 5.41. The first-order chi connectivity index (χ1) is 14.2. The SMILES string of the molecule is C[C@H]1OCC2(c3ccccc3F)N=C(NC(=O)c3ccccc3)O[C@H](C(F)(F)F)C12. The van der Waals surface area contributed by atoms with E-state index in [4.69, 9.17) is 9.47 Å². The fraction of sp³-hybridized carbons (Fsp3) is 0.333. The molecule has 0 aromatic heterocycles. The first kappa shape index (κ1) is 20.3. The normalized spacial score (nSPS) is 28.3. The average molecular weight is 422 g/mol. The maximum Gasteiger partial charge on any atom is 0.426 e. The smallest absolute Gasteiger partial charge is 0.426 e. The maximum absolute atomic E-state index is 14.7. The van der Waals surface area contributed by atoms with Gasteiger partial charge in [0.25, 0.3) is 11.9 Å². The fourth-order valence-corrected chi connectivity index (χ4v) is 4.07. The Hall–Kier alpha value is -2.94. The number of ether oxygens (including phenoxy) is 2. The highest BCUT2D eigenvalue weighted by atomic mass is 19.4. The van der Waals surface area contributed by atoms with Crippen LogP contribution in [0.15, 0.2) is 59.6 Å². The summed E-state index contributed by atoms with van der Waals surface area (Å²) in [4.78, 5) is 16.8. The van der Waals surface area contributed by atoms with Crippen LogP contribution in [0.3, 0.4) is 0 Å². The molecule has 4 rings (SSSR count). The van der Waals surface area contributed by atoms with Gasteiger partial charge in [0.15, 0.2) is 0 Å². The monoisotopic (exact) mass is 422 g/mol. The lowest BCUT2D eigenvalue weighted by Crippen LogP contribution is -2.56. The third kappa shape index (κ3) is 3.43. The van der Waals surface area contributed by atoms with E-state index in [1.165, 1.54) is 37.3 Å². The Labute approximate surface area is 169 Å². The Morgan fingerprint density at radius 3 is 2.47 bits per heavy atom. The zero-order chi connectivity index (χ0) is 21.5. The van der Waals surface area contributed by atoms with Gasteiger partial charge in [0.05, 0.1) is 18.6 Å². The number of fused-ring (bicyclic) bond motifs is 1. The highest BCUT2D eigenvalue weighted by molar-refractivity contribution is 6.04. The van der Waals surface area contributed by atoms with Crippen LogP contribution in [0.4, 0.5) is 17.6 Å². The molecular weight excluding hydrogens is 404 g/mol. The molecule has 30 heavy (non-hydrogen) atoms. The van der Waals surface area contributed by atoms with Crippen LogP contribution in [0, 0.1) is 11.7 Å². The van der Waals surface area contributed by atoms with E-state index in [1.807, 2.05) is 0 Å². The van der Waals surface area contributed by atoms with Gasteiger partial charge in [-0.3, -0.25) is 10.1 Å². The molecule has 9 heteroatoms. The molecule has 4 atom stereocenters. The molecule has 5 nitrogen and oxygen atoms in total. The summed E-state index contributed by atoms with van der Waals surface area (Å²) in [5.41, 5.74) is -1.52. The molecule has 158 valence electrons. The molecule has 0 spiro atoms. The van der Waals surface area contributed by atoms with Crippen molar-refractivity contribution in [2.75, 3.05) is 6.61 Å². The summed E-state index contributed by atoms with van der Waals surface area (Å²) in [5.74, 6) is -2.73. The van der Waals surface area contributed by atoms with Crippen LogP contribution in [-0.4, -0.2) is 36.9 Å². The van der Waals surface area contributed by atoms with E-state index < -0.39 is 47.6 Å². The predicted molar refractivity (Wildman–Crippen MR) is 99.3 cm³/mol. The van der Waals surface area contributed by atoms with E-state index in [2.05, 4.69) is 10.3 Å². The summed E-state index contributed by atoms with van der Waals surface area (Å²) in [6.45, 7) is 1.19. The number of amides is 1. The van der Waals surface area contributed by atoms with E-state index in [0.29, 0.717) is 0 Å². The molecule has 2 aromatic rings. The first-order valence-corrected chi connectivity index (χ1v) is 9.28. The Morgan fingerprint density at radius 1 is 1.13 bits per heavy atom. The molecule has 1 N–H and O–H groups in total. The van der Waals surface area contributed by atoms with Gasteiger partial charge in [0.1, 0.15) is 11.4 Å². The van der Waals surface area contributed by atoms with Crippen LogP contribution in [-0.2, 0) is 15.0 Å². The van der Waals surface area contributed by atoms with Crippen LogP contribution < -0.4 is 5.32 Å².